The van der Waals surface area contributed by atoms with Gasteiger partial charge in [0.25, 0.3) is 0 Å². The molecule has 150 valence electrons. The van der Waals surface area contributed by atoms with E-state index in [2.05, 4.69) is 31.4 Å². The number of nitrogens with one attached hydrogen (secondary N) is 2. The lowest BCUT2D eigenvalue weighted by Gasteiger charge is -2.24. The van der Waals surface area contributed by atoms with Gasteiger partial charge in [-0.05, 0) is 43.4 Å². The van der Waals surface area contributed by atoms with Crippen molar-refractivity contribution in [3.8, 4) is 0 Å². The van der Waals surface area contributed by atoms with E-state index in [1.807, 2.05) is 13.0 Å². The Morgan fingerprint density at radius 2 is 1.96 bits per heavy atom. The van der Waals surface area contributed by atoms with Crippen molar-refractivity contribution in [3.63, 3.8) is 0 Å². The van der Waals surface area contributed by atoms with Gasteiger partial charge in [-0.2, -0.15) is 0 Å². The fourth-order valence-corrected chi connectivity index (χ4v) is 2.80. The van der Waals surface area contributed by atoms with Gasteiger partial charge in [-0.25, -0.2) is 4.39 Å². The molecule has 0 aromatic heterocycles. The Morgan fingerprint density at radius 1 is 1.23 bits per heavy atom. The van der Waals surface area contributed by atoms with Crippen LogP contribution in [0.5, 0.6) is 0 Å². The van der Waals surface area contributed by atoms with E-state index in [0.29, 0.717) is 12.5 Å². The van der Waals surface area contributed by atoms with Crippen LogP contribution in [0.25, 0.3) is 0 Å². The summed E-state index contributed by atoms with van der Waals surface area (Å²) >= 11 is 0. The summed E-state index contributed by atoms with van der Waals surface area (Å²) in [5, 5.41) is 15.8. The zero-order chi connectivity index (χ0) is 18.7. The molecule has 0 radical (unpaired) electrons. The molecule has 1 aromatic rings. The lowest BCUT2D eigenvalue weighted by Crippen LogP contribution is -2.41. The van der Waals surface area contributed by atoms with E-state index in [4.69, 9.17) is 4.99 Å². The molecule has 0 aliphatic heterocycles. The van der Waals surface area contributed by atoms with E-state index in [1.165, 1.54) is 6.07 Å². The third kappa shape index (κ3) is 9.16. The molecule has 1 unspecified atom stereocenters. The first-order chi connectivity index (χ1) is 11.9. The maximum Gasteiger partial charge on any atom is 0.191 e. The van der Waals surface area contributed by atoms with E-state index in [9.17, 15) is 9.50 Å². The molecule has 0 bridgehead atoms. The number of hydrogen-bond acceptors (Lipinski definition) is 2. The fraction of sp³-hybridized carbons (Fsp3) is 0.650. The van der Waals surface area contributed by atoms with E-state index in [0.717, 1.165) is 43.9 Å². The summed E-state index contributed by atoms with van der Waals surface area (Å²) < 4.78 is 13.5. The van der Waals surface area contributed by atoms with Crippen LogP contribution in [0.4, 0.5) is 4.39 Å². The van der Waals surface area contributed by atoms with Crippen LogP contribution in [-0.2, 0) is 5.41 Å². The van der Waals surface area contributed by atoms with Crippen molar-refractivity contribution in [1.82, 2.24) is 10.6 Å². The van der Waals surface area contributed by atoms with Gasteiger partial charge in [0.05, 0.1) is 6.54 Å². The minimum Gasteiger partial charge on any atom is -0.396 e. The number of rotatable bonds is 10. The lowest BCUT2D eigenvalue weighted by atomic mass is 9.85. The van der Waals surface area contributed by atoms with E-state index < -0.39 is 0 Å². The quantitative estimate of drug-likeness (QED) is 0.269. The Bertz CT molecular complexity index is 532. The lowest BCUT2D eigenvalue weighted by molar-refractivity contribution is 0.251. The largest absolute Gasteiger partial charge is 0.396 e. The molecule has 0 amide bonds. The molecule has 0 heterocycles. The Morgan fingerprint density at radius 3 is 2.54 bits per heavy atom. The maximum absolute atomic E-state index is 13.5. The maximum atomic E-state index is 13.5. The first-order valence-electron chi connectivity index (χ1n) is 9.32. The Hall–Kier alpha value is -0.890. The molecule has 0 fully saturated rings. The van der Waals surface area contributed by atoms with Crippen LogP contribution in [-0.4, -0.2) is 37.3 Å². The zero-order valence-electron chi connectivity index (χ0n) is 16.5. The minimum absolute atomic E-state index is 0. The standard InChI is InChI=1S/C20H34FN3O.HI/c1-5-8-16(11-12-25)14-23-19(22-6-2)24-15-20(3,4)17-9-7-10-18(21)13-17;/h7,9-10,13,16,25H,5-6,8,11-12,14-15H2,1-4H3,(H2,22,23,24);1H. The molecule has 0 aliphatic carbocycles. The van der Waals surface area contributed by atoms with Crippen molar-refractivity contribution in [2.75, 3.05) is 26.2 Å². The molecular weight excluding hydrogens is 444 g/mol. The highest BCUT2D eigenvalue weighted by atomic mass is 127. The molecule has 1 rings (SSSR count). The zero-order valence-corrected chi connectivity index (χ0v) is 18.8. The summed E-state index contributed by atoms with van der Waals surface area (Å²) in [5.41, 5.74) is 0.689. The molecule has 26 heavy (non-hydrogen) atoms. The van der Waals surface area contributed by atoms with Crippen molar-refractivity contribution in [2.45, 2.75) is 52.4 Å². The number of halogens is 2. The predicted octanol–water partition coefficient (Wildman–Crippen LogP) is 4.08. The van der Waals surface area contributed by atoms with Gasteiger partial charge in [0.2, 0.25) is 0 Å². The summed E-state index contributed by atoms with van der Waals surface area (Å²) in [5.74, 6) is 0.993. The molecular formula is C20H35FIN3O. The number of benzene rings is 1. The van der Waals surface area contributed by atoms with Gasteiger partial charge in [0, 0.05) is 25.1 Å². The van der Waals surface area contributed by atoms with Gasteiger partial charge in [0.15, 0.2) is 5.96 Å². The van der Waals surface area contributed by atoms with Crippen molar-refractivity contribution >= 4 is 29.9 Å². The predicted molar refractivity (Wildman–Crippen MR) is 119 cm³/mol. The number of nitrogens with zero attached hydrogens (tertiary/aromatic N) is 1. The molecule has 0 saturated heterocycles. The van der Waals surface area contributed by atoms with Crippen LogP contribution in [0, 0.1) is 11.7 Å². The van der Waals surface area contributed by atoms with Crippen LogP contribution in [0.3, 0.4) is 0 Å². The van der Waals surface area contributed by atoms with E-state index in [-0.39, 0.29) is 41.8 Å². The minimum atomic E-state index is -0.252. The van der Waals surface area contributed by atoms with E-state index >= 15 is 0 Å². The molecule has 0 aliphatic rings. The fourth-order valence-electron chi connectivity index (χ4n) is 2.80. The first-order valence-corrected chi connectivity index (χ1v) is 9.32. The van der Waals surface area contributed by atoms with Crippen molar-refractivity contribution in [1.29, 1.82) is 0 Å². The SMILES string of the molecule is CCCC(CCO)CNC(=NCC(C)(C)c1cccc(F)c1)NCC.I. The highest BCUT2D eigenvalue weighted by Gasteiger charge is 2.21. The van der Waals surface area contributed by atoms with Gasteiger partial charge in [0.1, 0.15) is 5.82 Å². The highest BCUT2D eigenvalue weighted by Crippen LogP contribution is 2.24. The third-order valence-corrected chi connectivity index (χ3v) is 4.38. The van der Waals surface area contributed by atoms with Crippen molar-refractivity contribution < 1.29 is 9.50 Å². The van der Waals surface area contributed by atoms with E-state index in [1.54, 1.807) is 12.1 Å². The van der Waals surface area contributed by atoms with Crippen molar-refractivity contribution in [2.24, 2.45) is 10.9 Å². The average molecular weight is 479 g/mol. The van der Waals surface area contributed by atoms with Gasteiger partial charge in [-0.3, -0.25) is 4.99 Å². The summed E-state index contributed by atoms with van der Waals surface area (Å²) in [6.45, 7) is 10.7. The number of aliphatic hydroxyl groups excluding tert-OH is 1. The van der Waals surface area contributed by atoms with Gasteiger partial charge in [-0.1, -0.05) is 39.3 Å². The average Bonchev–Trinajstić information content (AvgIpc) is 2.57. The first kappa shape index (κ1) is 25.1. The summed E-state index contributed by atoms with van der Waals surface area (Å²) in [6, 6.07) is 6.72. The molecule has 1 aromatic carbocycles. The van der Waals surface area contributed by atoms with Crippen LogP contribution >= 0.6 is 24.0 Å². The summed E-state index contributed by atoms with van der Waals surface area (Å²) in [6.07, 6.45) is 2.99. The molecule has 0 saturated carbocycles. The normalized spacial score (nSPS) is 13.1. The highest BCUT2D eigenvalue weighted by molar-refractivity contribution is 14.0. The summed E-state index contributed by atoms with van der Waals surface area (Å²) in [4.78, 5) is 4.69. The molecule has 4 nitrogen and oxygen atoms in total. The third-order valence-electron chi connectivity index (χ3n) is 4.38. The Labute approximate surface area is 175 Å². The smallest absolute Gasteiger partial charge is 0.191 e. The van der Waals surface area contributed by atoms with Crippen LogP contribution < -0.4 is 10.6 Å². The van der Waals surface area contributed by atoms with Crippen molar-refractivity contribution in [3.05, 3.63) is 35.6 Å². The molecule has 1 atom stereocenters. The van der Waals surface area contributed by atoms with Crippen LogP contribution in [0.2, 0.25) is 0 Å². The second kappa shape index (κ2) is 13.3. The Kier molecular flexibility index (Phi) is 12.8. The second-order valence-corrected chi connectivity index (χ2v) is 7.14. The number of aliphatic imine (C=N–C) groups is 1. The van der Waals surface area contributed by atoms with Crippen LogP contribution in [0.15, 0.2) is 29.3 Å². The monoisotopic (exact) mass is 479 g/mol. The number of aliphatic hydroxyl groups is 1. The number of guanidine groups is 1. The Balaban J connectivity index is 0.00000625. The molecule has 0 spiro atoms. The van der Waals surface area contributed by atoms with Gasteiger partial charge >= 0.3 is 0 Å². The number of hydrogen-bond donors (Lipinski definition) is 3. The molecule has 6 heteroatoms. The second-order valence-electron chi connectivity index (χ2n) is 7.14. The summed E-state index contributed by atoms with van der Waals surface area (Å²) in [7, 11) is 0. The van der Waals surface area contributed by atoms with Gasteiger partial charge in [-0.15, -0.1) is 24.0 Å². The van der Waals surface area contributed by atoms with Crippen LogP contribution in [0.1, 0.15) is 52.5 Å². The topological polar surface area (TPSA) is 56.6 Å². The molecule has 3 N–H and O–H groups in total. The van der Waals surface area contributed by atoms with Gasteiger partial charge < -0.3 is 15.7 Å².